The molecule has 5 nitrogen and oxygen atoms in total. The Hall–Kier alpha value is -0.460. The molecular weight excluding hydrogens is 260 g/mol. The molecule has 118 valence electrons. The molecule has 0 saturated carbocycles. The van der Waals surface area contributed by atoms with Crippen LogP contribution in [0.3, 0.4) is 0 Å². The highest BCUT2D eigenvalue weighted by Crippen LogP contribution is 2.17. The van der Waals surface area contributed by atoms with Crippen LogP contribution < -0.4 is 0 Å². The Bertz CT molecular complexity index is 269. The highest BCUT2D eigenvalue weighted by atomic mass is 16.5. The van der Waals surface area contributed by atoms with E-state index in [-0.39, 0.29) is 13.2 Å². The molecule has 1 rings (SSSR count). The lowest BCUT2D eigenvalue weighted by Gasteiger charge is -2.20. The third-order valence-corrected chi connectivity index (χ3v) is 3.43. The van der Waals surface area contributed by atoms with Gasteiger partial charge in [0.05, 0.1) is 19.8 Å². The average molecular weight is 288 g/mol. The Morgan fingerprint density at radius 2 is 2.00 bits per heavy atom. The summed E-state index contributed by atoms with van der Waals surface area (Å²) in [4.78, 5) is 0. The number of allylic oxidation sites excluding steroid dienone is 1. The molecule has 0 amide bonds. The summed E-state index contributed by atoms with van der Waals surface area (Å²) in [5, 5.41) is 28.7. The van der Waals surface area contributed by atoms with Gasteiger partial charge in [-0.2, -0.15) is 0 Å². The summed E-state index contributed by atoms with van der Waals surface area (Å²) in [5.74, 6) is 0. The maximum atomic E-state index is 9.80. The summed E-state index contributed by atoms with van der Waals surface area (Å²) >= 11 is 0. The lowest BCUT2D eigenvalue weighted by molar-refractivity contribution is -0.0806. The molecule has 1 saturated heterocycles. The summed E-state index contributed by atoms with van der Waals surface area (Å²) in [7, 11) is 0. The number of rotatable bonds is 10. The molecule has 1 aliphatic heterocycles. The second kappa shape index (κ2) is 10.3. The molecule has 1 fully saturated rings. The second-order valence-corrected chi connectivity index (χ2v) is 5.25. The number of hydrogen-bond donors (Lipinski definition) is 3. The zero-order valence-electron chi connectivity index (χ0n) is 12.3. The van der Waals surface area contributed by atoms with E-state index >= 15 is 0 Å². The highest BCUT2D eigenvalue weighted by Gasteiger charge is 2.39. The normalized spacial score (nSPS) is 28.3. The fourth-order valence-corrected chi connectivity index (χ4v) is 2.16. The van der Waals surface area contributed by atoms with Crippen LogP contribution in [0.1, 0.15) is 39.0 Å². The average Bonchev–Trinajstić information content (AvgIpc) is 2.77. The van der Waals surface area contributed by atoms with Crippen LogP contribution in [0.15, 0.2) is 12.2 Å². The minimum Gasteiger partial charge on any atom is -0.388 e. The molecule has 3 N–H and O–H groups in total. The van der Waals surface area contributed by atoms with Crippen LogP contribution in [-0.4, -0.2) is 59.6 Å². The molecule has 1 heterocycles. The molecule has 5 heteroatoms. The first kappa shape index (κ1) is 17.6. The van der Waals surface area contributed by atoms with Crippen molar-refractivity contribution in [2.45, 2.75) is 63.4 Å². The van der Waals surface area contributed by atoms with E-state index in [1.807, 2.05) is 0 Å². The predicted molar refractivity (Wildman–Crippen MR) is 76.5 cm³/mol. The van der Waals surface area contributed by atoms with Crippen LogP contribution in [0.5, 0.6) is 0 Å². The number of aliphatic hydroxyl groups is 3. The van der Waals surface area contributed by atoms with Crippen molar-refractivity contribution in [3.8, 4) is 0 Å². The Kier molecular flexibility index (Phi) is 9.05. The minimum absolute atomic E-state index is 0.0589. The first-order valence-electron chi connectivity index (χ1n) is 7.55. The van der Waals surface area contributed by atoms with E-state index in [1.54, 1.807) is 0 Å². The van der Waals surface area contributed by atoms with Crippen molar-refractivity contribution in [3.63, 3.8) is 0 Å². The van der Waals surface area contributed by atoms with Gasteiger partial charge in [0, 0.05) is 0 Å². The minimum atomic E-state index is -1.04. The van der Waals surface area contributed by atoms with Gasteiger partial charge >= 0.3 is 0 Å². The largest absolute Gasteiger partial charge is 0.388 e. The van der Waals surface area contributed by atoms with Crippen LogP contribution in [0.2, 0.25) is 0 Å². The highest BCUT2D eigenvalue weighted by molar-refractivity contribution is 4.88. The Labute approximate surface area is 121 Å². The van der Waals surface area contributed by atoms with Gasteiger partial charge in [-0.3, -0.25) is 0 Å². The maximum Gasteiger partial charge on any atom is 0.114 e. The van der Waals surface area contributed by atoms with E-state index < -0.39 is 24.4 Å². The lowest BCUT2D eigenvalue weighted by Crippen LogP contribution is -2.40. The van der Waals surface area contributed by atoms with Crippen LogP contribution in [0.25, 0.3) is 0 Å². The molecule has 0 radical (unpaired) electrons. The predicted octanol–water partition coefficient (Wildman–Crippen LogP) is 1.01. The summed E-state index contributed by atoms with van der Waals surface area (Å²) in [6, 6.07) is 0. The monoisotopic (exact) mass is 288 g/mol. The molecule has 1 aliphatic rings. The third kappa shape index (κ3) is 6.33. The number of aliphatic hydroxyl groups excluding tert-OH is 3. The third-order valence-electron chi connectivity index (χ3n) is 3.43. The van der Waals surface area contributed by atoms with E-state index in [9.17, 15) is 15.3 Å². The van der Waals surface area contributed by atoms with Crippen molar-refractivity contribution in [2.75, 3.05) is 19.8 Å². The van der Waals surface area contributed by atoms with E-state index in [0.717, 1.165) is 12.8 Å². The molecule has 0 aromatic heterocycles. The molecule has 0 bridgehead atoms. The van der Waals surface area contributed by atoms with E-state index in [1.165, 1.54) is 19.3 Å². The van der Waals surface area contributed by atoms with Crippen molar-refractivity contribution in [1.29, 1.82) is 0 Å². The van der Waals surface area contributed by atoms with Gasteiger partial charge in [-0.05, 0) is 19.3 Å². The summed E-state index contributed by atoms with van der Waals surface area (Å²) in [6.45, 7) is 2.89. The van der Waals surface area contributed by atoms with Crippen molar-refractivity contribution in [2.24, 2.45) is 0 Å². The van der Waals surface area contributed by atoms with Crippen molar-refractivity contribution >= 4 is 0 Å². The SMILES string of the molecule is CCCCC/C=C/CCOC[C@@H](O)[C@@H]1OC[C@H](O)[C@@H]1O. The van der Waals surface area contributed by atoms with E-state index in [4.69, 9.17) is 9.47 Å². The van der Waals surface area contributed by atoms with Gasteiger partial charge in [-0.1, -0.05) is 31.9 Å². The first-order chi connectivity index (χ1) is 9.66. The van der Waals surface area contributed by atoms with Crippen LogP contribution >= 0.6 is 0 Å². The fraction of sp³-hybridized carbons (Fsp3) is 0.867. The number of unbranched alkanes of at least 4 members (excludes halogenated alkanes) is 3. The zero-order chi connectivity index (χ0) is 14.8. The van der Waals surface area contributed by atoms with Crippen molar-refractivity contribution in [1.82, 2.24) is 0 Å². The summed E-state index contributed by atoms with van der Waals surface area (Å²) in [6.07, 6.45) is 6.29. The van der Waals surface area contributed by atoms with E-state index in [2.05, 4.69) is 19.1 Å². The Morgan fingerprint density at radius 1 is 1.25 bits per heavy atom. The van der Waals surface area contributed by atoms with Gasteiger partial charge in [0.1, 0.15) is 24.4 Å². The van der Waals surface area contributed by atoms with Crippen LogP contribution in [0.4, 0.5) is 0 Å². The molecule has 0 aliphatic carbocycles. The first-order valence-corrected chi connectivity index (χ1v) is 7.55. The smallest absolute Gasteiger partial charge is 0.114 e. The van der Waals surface area contributed by atoms with Gasteiger partial charge in [0.15, 0.2) is 0 Å². The molecule has 0 aromatic carbocycles. The van der Waals surface area contributed by atoms with Gasteiger partial charge < -0.3 is 24.8 Å². The molecule has 4 atom stereocenters. The second-order valence-electron chi connectivity index (χ2n) is 5.25. The standard InChI is InChI=1S/C15H28O5/c1-2-3-4-5-6-7-8-9-19-10-13(17)15-14(18)12(16)11-20-15/h6-7,12-18H,2-5,8-11H2,1H3/b7-6+/t12-,13+,14-,15-/m0/s1. The zero-order valence-corrected chi connectivity index (χ0v) is 12.3. The van der Waals surface area contributed by atoms with Gasteiger partial charge in [-0.25, -0.2) is 0 Å². The summed E-state index contributed by atoms with van der Waals surface area (Å²) < 4.78 is 10.5. The van der Waals surface area contributed by atoms with Gasteiger partial charge in [0.2, 0.25) is 0 Å². The molecule has 0 unspecified atom stereocenters. The lowest BCUT2D eigenvalue weighted by atomic mass is 10.1. The van der Waals surface area contributed by atoms with Gasteiger partial charge in [-0.15, -0.1) is 0 Å². The Balaban J connectivity index is 2.01. The van der Waals surface area contributed by atoms with Crippen LogP contribution in [-0.2, 0) is 9.47 Å². The van der Waals surface area contributed by atoms with E-state index in [0.29, 0.717) is 6.61 Å². The maximum absolute atomic E-state index is 9.80. The Morgan fingerprint density at radius 3 is 2.65 bits per heavy atom. The topological polar surface area (TPSA) is 79.2 Å². The number of ether oxygens (including phenoxy) is 2. The van der Waals surface area contributed by atoms with Crippen molar-refractivity contribution < 1.29 is 24.8 Å². The molecule has 0 aromatic rings. The summed E-state index contributed by atoms with van der Waals surface area (Å²) in [5.41, 5.74) is 0. The van der Waals surface area contributed by atoms with Crippen molar-refractivity contribution in [3.05, 3.63) is 12.2 Å². The van der Waals surface area contributed by atoms with Gasteiger partial charge in [0.25, 0.3) is 0 Å². The van der Waals surface area contributed by atoms with Crippen LogP contribution in [0, 0.1) is 0 Å². The molecule has 0 spiro atoms. The molecular formula is C15H28O5. The quantitative estimate of drug-likeness (QED) is 0.413. The fourth-order valence-electron chi connectivity index (χ4n) is 2.16. The molecule has 20 heavy (non-hydrogen) atoms. The number of hydrogen-bond acceptors (Lipinski definition) is 5.